The van der Waals surface area contributed by atoms with Crippen molar-refractivity contribution in [1.82, 2.24) is 0 Å². The van der Waals surface area contributed by atoms with E-state index in [9.17, 15) is 9.59 Å². The van der Waals surface area contributed by atoms with E-state index in [1.807, 2.05) is 78.9 Å². The summed E-state index contributed by atoms with van der Waals surface area (Å²) in [6, 6.07) is 25.0. The first kappa shape index (κ1) is 31.6. The van der Waals surface area contributed by atoms with Crippen LogP contribution in [0.5, 0.6) is 5.75 Å². The molecule has 44 heavy (non-hydrogen) atoms. The standard InChI is InChI=1S/C34H35N3O4S3/c1-4-41-33(39)29-25-18-17-21(2)19-28(25)44-32(29)37-31(38)30(22-11-6-5-7-12-22)43-24-14-10-13-23(20-24)35-34(42)36-26-15-8-9-16-27(26)40-3/h5-16,20-21,30H,4,17-19H2,1-3H3,(H,37,38)(H2,35,36,42). The Morgan fingerprint density at radius 1 is 1.02 bits per heavy atom. The number of esters is 1. The Morgan fingerprint density at radius 3 is 2.57 bits per heavy atom. The highest BCUT2D eigenvalue weighted by atomic mass is 32.2. The maximum absolute atomic E-state index is 14.0. The Hall–Kier alpha value is -3.86. The molecule has 1 aliphatic carbocycles. The number of rotatable bonds is 10. The Kier molecular flexibility index (Phi) is 10.6. The van der Waals surface area contributed by atoms with E-state index in [4.69, 9.17) is 21.7 Å². The number of amides is 1. The summed E-state index contributed by atoms with van der Waals surface area (Å²) in [5.41, 5.74) is 3.91. The molecule has 7 nitrogen and oxygen atoms in total. The smallest absolute Gasteiger partial charge is 0.341 e. The normalized spacial score (nSPS) is 14.6. The second-order valence-electron chi connectivity index (χ2n) is 10.5. The van der Waals surface area contributed by atoms with Gasteiger partial charge in [0.25, 0.3) is 0 Å². The summed E-state index contributed by atoms with van der Waals surface area (Å²) in [5, 5.41) is 9.94. The van der Waals surface area contributed by atoms with Crippen molar-refractivity contribution in [1.29, 1.82) is 0 Å². The molecule has 5 rings (SSSR count). The van der Waals surface area contributed by atoms with Gasteiger partial charge < -0.3 is 25.4 Å². The zero-order valence-corrected chi connectivity index (χ0v) is 27.3. The predicted octanol–water partition coefficient (Wildman–Crippen LogP) is 8.34. The van der Waals surface area contributed by atoms with Crippen LogP contribution in [0.1, 0.15) is 51.9 Å². The third kappa shape index (κ3) is 7.61. The molecule has 1 amide bonds. The van der Waals surface area contributed by atoms with E-state index >= 15 is 0 Å². The number of hydrogen-bond donors (Lipinski definition) is 3. The molecule has 0 saturated heterocycles. The monoisotopic (exact) mass is 645 g/mol. The first-order chi connectivity index (χ1) is 21.4. The van der Waals surface area contributed by atoms with E-state index in [1.54, 1.807) is 14.0 Å². The van der Waals surface area contributed by atoms with Crippen molar-refractivity contribution in [2.75, 3.05) is 29.7 Å². The van der Waals surface area contributed by atoms with Gasteiger partial charge in [0.1, 0.15) is 16.0 Å². The van der Waals surface area contributed by atoms with Gasteiger partial charge in [-0.3, -0.25) is 4.79 Å². The topological polar surface area (TPSA) is 88.7 Å². The van der Waals surface area contributed by atoms with Crippen molar-refractivity contribution >= 4 is 68.7 Å². The number of thioether (sulfide) groups is 1. The van der Waals surface area contributed by atoms with E-state index < -0.39 is 5.25 Å². The lowest BCUT2D eigenvalue weighted by molar-refractivity contribution is -0.115. The highest BCUT2D eigenvalue weighted by Gasteiger charge is 2.31. The van der Waals surface area contributed by atoms with Crippen molar-refractivity contribution in [2.45, 2.75) is 43.3 Å². The van der Waals surface area contributed by atoms with Crippen LogP contribution in [0.2, 0.25) is 0 Å². The van der Waals surface area contributed by atoms with Crippen molar-refractivity contribution < 1.29 is 19.1 Å². The van der Waals surface area contributed by atoms with Crippen LogP contribution in [-0.2, 0) is 22.4 Å². The molecule has 0 bridgehead atoms. The molecule has 1 aliphatic rings. The molecule has 10 heteroatoms. The lowest BCUT2D eigenvalue weighted by Crippen LogP contribution is -2.21. The third-order valence-corrected chi connectivity index (χ3v) is 9.89. The van der Waals surface area contributed by atoms with Gasteiger partial charge >= 0.3 is 5.97 Å². The minimum atomic E-state index is -0.571. The summed E-state index contributed by atoms with van der Waals surface area (Å²) >= 11 is 8.49. The first-order valence-corrected chi connectivity index (χ1v) is 16.6. The predicted molar refractivity (Wildman–Crippen MR) is 184 cm³/mol. The number of carbonyl (C=O) groups excluding carboxylic acids is 2. The number of hydrogen-bond acceptors (Lipinski definition) is 7. The molecule has 0 radical (unpaired) electrons. The number of nitrogens with one attached hydrogen (secondary N) is 3. The molecule has 3 N–H and O–H groups in total. The molecular formula is C34H35N3O4S3. The van der Waals surface area contributed by atoms with Crippen molar-refractivity contribution in [3.63, 3.8) is 0 Å². The fraction of sp³-hybridized carbons (Fsp3) is 0.265. The SMILES string of the molecule is CCOC(=O)c1c(NC(=O)C(Sc2cccc(NC(=S)Nc3ccccc3OC)c2)c2ccccc2)sc2c1CCC(C)C2. The summed E-state index contributed by atoms with van der Waals surface area (Å²) < 4.78 is 10.8. The van der Waals surface area contributed by atoms with Gasteiger partial charge in [0.15, 0.2) is 5.11 Å². The maximum atomic E-state index is 14.0. The number of benzene rings is 3. The van der Waals surface area contributed by atoms with Gasteiger partial charge in [0.2, 0.25) is 5.91 Å². The molecule has 0 aliphatic heterocycles. The van der Waals surface area contributed by atoms with Crippen LogP contribution in [0.15, 0.2) is 83.8 Å². The van der Waals surface area contributed by atoms with E-state index in [-0.39, 0.29) is 18.5 Å². The lowest BCUT2D eigenvalue weighted by atomic mass is 9.88. The summed E-state index contributed by atoms with van der Waals surface area (Å²) in [5.74, 6) is 0.635. The molecule has 0 spiro atoms. The fourth-order valence-electron chi connectivity index (χ4n) is 5.15. The number of anilines is 3. The molecule has 2 atom stereocenters. The molecule has 1 aromatic heterocycles. The zero-order chi connectivity index (χ0) is 31.1. The minimum absolute atomic E-state index is 0.204. The number of methoxy groups -OCH3 is 1. The molecule has 2 unspecified atom stereocenters. The first-order valence-electron chi connectivity index (χ1n) is 14.5. The van der Waals surface area contributed by atoms with Crippen LogP contribution in [0.25, 0.3) is 0 Å². The Balaban J connectivity index is 1.37. The summed E-state index contributed by atoms with van der Waals surface area (Å²) in [6.07, 6.45) is 2.71. The average molecular weight is 646 g/mol. The molecular weight excluding hydrogens is 611 g/mol. The van der Waals surface area contributed by atoms with E-state index in [0.717, 1.165) is 51.5 Å². The number of para-hydroxylation sites is 2. The van der Waals surface area contributed by atoms with Gasteiger partial charge in [0.05, 0.1) is 25.0 Å². The highest BCUT2D eigenvalue weighted by Crippen LogP contribution is 2.42. The van der Waals surface area contributed by atoms with Crippen molar-refractivity contribution in [3.05, 3.63) is 100 Å². The number of carbonyl (C=O) groups is 2. The Morgan fingerprint density at radius 2 is 1.80 bits per heavy atom. The van der Waals surface area contributed by atoms with Gasteiger partial charge in [-0.1, -0.05) is 55.5 Å². The van der Waals surface area contributed by atoms with Gasteiger partial charge in [-0.25, -0.2) is 4.79 Å². The highest BCUT2D eigenvalue weighted by molar-refractivity contribution is 8.00. The average Bonchev–Trinajstić information content (AvgIpc) is 3.37. The van der Waals surface area contributed by atoms with Crippen molar-refractivity contribution in [2.24, 2.45) is 5.92 Å². The molecule has 228 valence electrons. The molecule has 4 aromatic rings. The summed E-state index contributed by atoms with van der Waals surface area (Å²) in [7, 11) is 1.61. The quantitative estimate of drug-likeness (QED) is 0.0901. The lowest BCUT2D eigenvalue weighted by Gasteiger charge is -2.19. The number of fused-ring (bicyclic) bond motifs is 1. The van der Waals surface area contributed by atoms with Crippen LogP contribution in [0.4, 0.5) is 16.4 Å². The van der Waals surface area contributed by atoms with E-state index in [0.29, 0.717) is 27.3 Å². The largest absolute Gasteiger partial charge is 0.495 e. The summed E-state index contributed by atoms with van der Waals surface area (Å²) in [6.45, 7) is 4.29. The van der Waals surface area contributed by atoms with Crippen LogP contribution in [-0.4, -0.2) is 30.7 Å². The second kappa shape index (κ2) is 14.7. The fourth-order valence-corrected chi connectivity index (χ4v) is 7.87. The maximum Gasteiger partial charge on any atom is 0.341 e. The van der Waals surface area contributed by atoms with Crippen molar-refractivity contribution in [3.8, 4) is 5.75 Å². The number of thiophene rings is 1. The van der Waals surface area contributed by atoms with Crippen LogP contribution >= 0.6 is 35.3 Å². The van der Waals surface area contributed by atoms with Crippen LogP contribution in [0, 0.1) is 5.92 Å². The Labute approximate surface area is 271 Å². The van der Waals surface area contributed by atoms with Gasteiger partial charge in [-0.05, 0) is 85.8 Å². The summed E-state index contributed by atoms with van der Waals surface area (Å²) in [4.78, 5) is 29.1. The second-order valence-corrected chi connectivity index (χ2v) is 13.2. The number of thiocarbonyl (C=S) groups is 1. The number of ether oxygens (including phenoxy) is 2. The van der Waals surface area contributed by atoms with E-state index in [1.165, 1.54) is 23.1 Å². The van der Waals surface area contributed by atoms with Gasteiger partial charge in [-0.2, -0.15) is 0 Å². The molecule has 0 saturated carbocycles. The van der Waals surface area contributed by atoms with Gasteiger partial charge in [0, 0.05) is 15.5 Å². The zero-order valence-electron chi connectivity index (χ0n) is 24.8. The molecule has 3 aromatic carbocycles. The van der Waals surface area contributed by atoms with Crippen LogP contribution in [0.3, 0.4) is 0 Å². The molecule has 1 heterocycles. The molecule has 0 fully saturated rings. The van der Waals surface area contributed by atoms with E-state index in [2.05, 4.69) is 22.9 Å². The Bertz CT molecular complexity index is 1640. The third-order valence-electron chi connectivity index (χ3n) is 7.27. The van der Waals surface area contributed by atoms with Crippen LogP contribution < -0.4 is 20.7 Å². The minimum Gasteiger partial charge on any atom is -0.495 e. The van der Waals surface area contributed by atoms with Gasteiger partial charge in [-0.15, -0.1) is 23.1 Å².